The summed E-state index contributed by atoms with van der Waals surface area (Å²) in [5.41, 5.74) is 1.73. The average Bonchev–Trinajstić information content (AvgIpc) is 3.31. The fourth-order valence-electron chi connectivity index (χ4n) is 3.04. The van der Waals surface area contributed by atoms with Crippen molar-refractivity contribution in [3.05, 3.63) is 58.4 Å². The third kappa shape index (κ3) is 3.35. The summed E-state index contributed by atoms with van der Waals surface area (Å²) in [6.07, 6.45) is 0. The highest BCUT2D eigenvalue weighted by Gasteiger charge is 2.24. The van der Waals surface area contributed by atoms with Gasteiger partial charge >= 0.3 is 0 Å². The first kappa shape index (κ1) is 16.8. The first-order valence-corrected chi connectivity index (χ1v) is 9.30. The second kappa shape index (κ2) is 6.92. The molecule has 1 saturated heterocycles. The van der Waals surface area contributed by atoms with E-state index in [0.29, 0.717) is 37.7 Å². The minimum absolute atomic E-state index is 0.109. The fourth-order valence-corrected chi connectivity index (χ4v) is 3.64. The van der Waals surface area contributed by atoms with Gasteiger partial charge < -0.3 is 14.2 Å². The zero-order valence-electron chi connectivity index (χ0n) is 14.3. The smallest absolute Gasteiger partial charge is 0.289 e. The van der Waals surface area contributed by atoms with Gasteiger partial charge in [-0.1, -0.05) is 0 Å². The number of hydrogen-bond acceptors (Lipinski definition) is 5. The summed E-state index contributed by atoms with van der Waals surface area (Å²) in [6.45, 7) is 4.54. The normalized spacial score (nSPS) is 14.7. The molecule has 5 nitrogen and oxygen atoms in total. The lowest BCUT2D eigenvalue weighted by Gasteiger charge is -2.35. The molecule has 1 aromatic carbocycles. The van der Waals surface area contributed by atoms with Crippen molar-refractivity contribution >= 4 is 22.9 Å². The van der Waals surface area contributed by atoms with Crippen LogP contribution < -0.4 is 4.90 Å². The van der Waals surface area contributed by atoms with Crippen LogP contribution in [0.25, 0.3) is 11.5 Å². The predicted molar refractivity (Wildman–Crippen MR) is 99.1 cm³/mol. The molecule has 1 amide bonds. The molecule has 0 bridgehead atoms. The summed E-state index contributed by atoms with van der Waals surface area (Å²) in [4.78, 5) is 21.0. The van der Waals surface area contributed by atoms with Crippen LogP contribution in [0.3, 0.4) is 0 Å². The molecule has 0 aliphatic carbocycles. The number of benzene rings is 1. The van der Waals surface area contributed by atoms with Crippen molar-refractivity contribution in [2.75, 3.05) is 31.1 Å². The van der Waals surface area contributed by atoms with E-state index >= 15 is 0 Å². The molecule has 1 aliphatic rings. The average molecular weight is 371 g/mol. The lowest BCUT2D eigenvalue weighted by molar-refractivity contribution is 0.0715. The number of hydrogen-bond donors (Lipinski definition) is 0. The Hall–Kier alpha value is -2.67. The zero-order chi connectivity index (χ0) is 18.1. The molecule has 0 saturated carbocycles. The molecule has 2 aromatic heterocycles. The number of carbonyl (C=O) groups excluding carboxylic acids is 1. The minimum Gasteiger partial charge on any atom is -0.449 e. The van der Waals surface area contributed by atoms with E-state index in [0.717, 1.165) is 16.4 Å². The highest BCUT2D eigenvalue weighted by atomic mass is 32.1. The Morgan fingerprint density at radius 2 is 1.85 bits per heavy atom. The van der Waals surface area contributed by atoms with Crippen LogP contribution in [0.2, 0.25) is 0 Å². The molecular weight excluding hydrogens is 353 g/mol. The van der Waals surface area contributed by atoms with Crippen LogP contribution in [0, 0.1) is 12.7 Å². The molecule has 0 radical (unpaired) electrons. The topological polar surface area (TPSA) is 49.6 Å². The Bertz CT molecular complexity index is 911. The van der Waals surface area contributed by atoms with Gasteiger partial charge in [-0.05, 0) is 43.3 Å². The van der Waals surface area contributed by atoms with E-state index in [1.54, 1.807) is 40.5 Å². The van der Waals surface area contributed by atoms with Gasteiger partial charge in [0, 0.05) is 37.2 Å². The number of rotatable bonds is 3. The molecule has 3 aromatic rings. The van der Waals surface area contributed by atoms with E-state index in [4.69, 9.17) is 4.42 Å². The van der Waals surface area contributed by atoms with Crippen LogP contribution in [0.4, 0.5) is 10.1 Å². The highest BCUT2D eigenvalue weighted by molar-refractivity contribution is 7.09. The minimum atomic E-state index is -0.244. The van der Waals surface area contributed by atoms with E-state index in [2.05, 4.69) is 9.88 Å². The molecule has 0 unspecified atom stereocenters. The maximum absolute atomic E-state index is 13.0. The van der Waals surface area contributed by atoms with E-state index in [-0.39, 0.29) is 11.7 Å². The Labute approximate surface area is 154 Å². The zero-order valence-corrected chi connectivity index (χ0v) is 15.1. The molecule has 1 fully saturated rings. The second-order valence-corrected chi connectivity index (χ2v) is 7.23. The highest BCUT2D eigenvalue weighted by Crippen LogP contribution is 2.25. The third-order valence-corrected chi connectivity index (χ3v) is 5.22. The largest absolute Gasteiger partial charge is 0.449 e. The number of furan rings is 1. The maximum Gasteiger partial charge on any atom is 0.289 e. The van der Waals surface area contributed by atoms with Gasteiger partial charge in [0.1, 0.15) is 11.5 Å². The standard InChI is InChI=1S/C19H18FN3O2S/c1-13-21-16(12-26-13)17-6-7-18(25-17)19(24)23-10-8-22(9-11-23)15-4-2-14(20)3-5-15/h2-7,12H,8-11H2,1H3. The van der Waals surface area contributed by atoms with E-state index < -0.39 is 0 Å². The number of anilines is 1. The molecular formula is C19H18FN3O2S. The Balaban J connectivity index is 1.40. The SMILES string of the molecule is Cc1nc(-c2ccc(C(=O)N3CCN(c4ccc(F)cc4)CC3)o2)cs1. The number of amides is 1. The number of aromatic nitrogens is 1. The lowest BCUT2D eigenvalue weighted by atomic mass is 10.2. The number of aryl methyl sites for hydroxylation is 1. The van der Waals surface area contributed by atoms with E-state index in [1.165, 1.54) is 12.1 Å². The summed E-state index contributed by atoms with van der Waals surface area (Å²) in [5, 5.41) is 2.88. The van der Waals surface area contributed by atoms with Gasteiger partial charge in [0.15, 0.2) is 11.5 Å². The lowest BCUT2D eigenvalue weighted by Crippen LogP contribution is -2.48. The van der Waals surface area contributed by atoms with Crippen molar-refractivity contribution in [3.63, 3.8) is 0 Å². The summed E-state index contributed by atoms with van der Waals surface area (Å²) in [6, 6.07) is 9.94. The van der Waals surface area contributed by atoms with Crippen molar-refractivity contribution in [1.82, 2.24) is 9.88 Å². The van der Waals surface area contributed by atoms with Crippen LogP contribution in [0.5, 0.6) is 0 Å². The van der Waals surface area contributed by atoms with Gasteiger partial charge in [-0.2, -0.15) is 0 Å². The number of carbonyl (C=O) groups is 1. The van der Waals surface area contributed by atoms with Gasteiger partial charge in [-0.15, -0.1) is 11.3 Å². The first-order chi connectivity index (χ1) is 12.6. The van der Waals surface area contributed by atoms with Crippen LogP contribution in [0.1, 0.15) is 15.6 Å². The van der Waals surface area contributed by atoms with Gasteiger partial charge in [-0.3, -0.25) is 4.79 Å². The fraction of sp³-hybridized carbons (Fsp3) is 0.263. The van der Waals surface area contributed by atoms with Crippen molar-refractivity contribution in [2.24, 2.45) is 0 Å². The molecule has 134 valence electrons. The summed E-state index contributed by atoms with van der Waals surface area (Å²) in [7, 11) is 0. The van der Waals surface area contributed by atoms with E-state index in [9.17, 15) is 9.18 Å². The third-order valence-electron chi connectivity index (χ3n) is 4.45. The van der Waals surface area contributed by atoms with Crippen molar-refractivity contribution < 1.29 is 13.6 Å². The summed E-state index contributed by atoms with van der Waals surface area (Å²) >= 11 is 1.55. The number of halogens is 1. The first-order valence-electron chi connectivity index (χ1n) is 8.42. The van der Waals surface area contributed by atoms with Gasteiger partial charge in [0.05, 0.1) is 5.01 Å². The van der Waals surface area contributed by atoms with Gasteiger partial charge in [0.25, 0.3) is 5.91 Å². The Kier molecular flexibility index (Phi) is 4.46. The molecule has 4 rings (SSSR count). The van der Waals surface area contributed by atoms with Crippen LogP contribution in [0.15, 0.2) is 46.2 Å². The van der Waals surface area contributed by atoms with Crippen molar-refractivity contribution in [2.45, 2.75) is 6.92 Å². The molecule has 0 spiro atoms. The number of thiazole rings is 1. The monoisotopic (exact) mass is 371 g/mol. The molecule has 26 heavy (non-hydrogen) atoms. The van der Waals surface area contributed by atoms with Crippen LogP contribution in [-0.4, -0.2) is 42.0 Å². The molecule has 1 aliphatic heterocycles. The molecule has 7 heteroatoms. The molecule has 3 heterocycles. The molecule has 0 atom stereocenters. The Morgan fingerprint density at radius 3 is 2.50 bits per heavy atom. The predicted octanol–water partition coefficient (Wildman–Crippen LogP) is 3.81. The van der Waals surface area contributed by atoms with Gasteiger partial charge in [0.2, 0.25) is 0 Å². The summed E-state index contributed by atoms with van der Waals surface area (Å²) < 4.78 is 18.8. The van der Waals surface area contributed by atoms with Crippen molar-refractivity contribution in [3.8, 4) is 11.5 Å². The van der Waals surface area contributed by atoms with Crippen LogP contribution >= 0.6 is 11.3 Å². The quantitative estimate of drug-likeness (QED) is 0.702. The van der Waals surface area contributed by atoms with Crippen molar-refractivity contribution in [1.29, 1.82) is 0 Å². The number of nitrogens with zero attached hydrogens (tertiary/aromatic N) is 3. The van der Waals surface area contributed by atoms with Crippen LogP contribution in [-0.2, 0) is 0 Å². The Morgan fingerprint density at radius 1 is 1.12 bits per heavy atom. The van der Waals surface area contributed by atoms with E-state index in [1.807, 2.05) is 12.3 Å². The summed E-state index contributed by atoms with van der Waals surface area (Å²) in [5.74, 6) is 0.594. The number of piperazine rings is 1. The second-order valence-electron chi connectivity index (χ2n) is 6.17. The maximum atomic E-state index is 13.0. The van der Waals surface area contributed by atoms with Gasteiger partial charge in [-0.25, -0.2) is 9.37 Å². The molecule has 0 N–H and O–H groups in total.